The van der Waals surface area contributed by atoms with Gasteiger partial charge in [0.25, 0.3) is 5.91 Å². The average Bonchev–Trinajstić information content (AvgIpc) is 3.41. The zero-order chi connectivity index (χ0) is 18.1. The van der Waals surface area contributed by atoms with Gasteiger partial charge in [0, 0.05) is 30.6 Å². The van der Waals surface area contributed by atoms with E-state index in [-0.39, 0.29) is 12.0 Å². The Morgan fingerprint density at radius 1 is 1.27 bits per heavy atom. The summed E-state index contributed by atoms with van der Waals surface area (Å²) in [6.45, 7) is 1.40. The van der Waals surface area contributed by atoms with Crippen LogP contribution in [0.3, 0.4) is 0 Å². The van der Waals surface area contributed by atoms with Crippen LogP contribution in [-0.4, -0.2) is 52.1 Å². The van der Waals surface area contributed by atoms with Crippen molar-refractivity contribution in [1.29, 1.82) is 0 Å². The van der Waals surface area contributed by atoms with E-state index in [1.165, 1.54) is 6.42 Å². The lowest BCUT2D eigenvalue weighted by Gasteiger charge is -2.27. The van der Waals surface area contributed by atoms with Gasteiger partial charge in [-0.3, -0.25) is 4.79 Å². The SMILES string of the molecule is CN(CC1CCCCO1)C(=O)c1nnn(-c2ccc(Br)cc2)c1C1CC1. The summed E-state index contributed by atoms with van der Waals surface area (Å²) in [7, 11) is 1.83. The van der Waals surface area contributed by atoms with Crippen LogP contribution in [0.1, 0.15) is 54.2 Å². The summed E-state index contributed by atoms with van der Waals surface area (Å²) in [5, 5.41) is 8.56. The molecule has 2 aromatic rings. The molecule has 1 aliphatic carbocycles. The summed E-state index contributed by atoms with van der Waals surface area (Å²) in [5.41, 5.74) is 2.35. The van der Waals surface area contributed by atoms with Gasteiger partial charge in [-0.05, 0) is 56.4 Å². The van der Waals surface area contributed by atoms with Gasteiger partial charge < -0.3 is 9.64 Å². The molecule has 6 nitrogen and oxygen atoms in total. The lowest BCUT2D eigenvalue weighted by Crippen LogP contribution is -2.37. The van der Waals surface area contributed by atoms with Gasteiger partial charge in [0.2, 0.25) is 0 Å². The minimum Gasteiger partial charge on any atom is -0.376 e. The molecule has 1 atom stereocenters. The van der Waals surface area contributed by atoms with Crippen LogP contribution in [0.15, 0.2) is 28.7 Å². The first kappa shape index (κ1) is 17.7. The van der Waals surface area contributed by atoms with Gasteiger partial charge >= 0.3 is 0 Å². The van der Waals surface area contributed by atoms with Crippen molar-refractivity contribution in [3.05, 3.63) is 40.1 Å². The molecule has 1 aromatic heterocycles. The van der Waals surface area contributed by atoms with Gasteiger partial charge in [-0.15, -0.1) is 5.10 Å². The van der Waals surface area contributed by atoms with Gasteiger partial charge in [-0.25, -0.2) is 4.68 Å². The maximum absolute atomic E-state index is 13.0. The largest absolute Gasteiger partial charge is 0.376 e. The van der Waals surface area contributed by atoms with Crippen LogP contribution >= 0.6 is 15.9 Å². The number of nitrogens with zero attached hydrogens (tertiary/aromatic N) is 4. The first-order valence-electron chi connectivity index (χ1n) is 9.22. The van der Waals surface area contributed by atoms with E-state index in [0.29, 0.717) is 18.2 Å². The second-order valence-electron chi connectivity index (χ2n) is 7.16. The average molecular weight is 419 g/mol. The van der Waals surface area contributed by atoms with E-state index in [4.69, 9.17) is 4.74 Å². The van der Waals surface area contributed by atoms with Crippen LogP contribution < -0.4 is 0 Å². The van der Waals surface area contributed by atoms with Crippen molar-refractivity contribution in [3.63, 3.8) is 0 Å². The summed E-state index contributed by atoms with van der Waals surface area (Å²) >= 11 is 3.45. The van der Waals surface area contributed by atoms with Crippen LogP contribution in [0.2, 0.25) is 0 Å². The number of benzene rings is 1. The molecule has 0 N–H and O–H groups in total. The summed E-state index contributed by atoms with van der Waals surface area (Å²) in [6.07, 6.45) is 5.59. The van der Waals surface area contributed by atoms with Crippen molar-refractivity contribution in [2.24, 2.45) is 0 Å². The molecule has 0 spiro atoms. The monoisotopic (exact) mass is 418 g/mol. The predicted octanol–water partition coefficient (Wildman–Crippen LogP) is 3.55. The van der Waals surface area contributed by atoms with Crippen molar-refractivity contribution in [2.75, 3.05) is 20.2 Å². The molecule has 1 saturated carbocycles. The maximum Gasteiger partial charge on any atom is 0.276 e. The van der Waals surface area contributed by atoms with Crippen molar-refractivity contribution >= 4 is 21.8 Å². The number of likely N-dealkylation sites (N-methyl/N-ethyl adjacent to an activating group) is 1. The molecular formula is C19H23BrN4O2. The molecule has 1 unspecified atom stereocenters. The summed E-state index contributed by atoms with van der Waals surface area (Å²) in [5.74, 6) is 0.302. The molecule has 2 heterocycles. The van der Waals surface area contributed by atoms with Gasteiger partial charge in [-0.2, -0.15) is 0 Å². The maximum atomic E-state index is 13.0. The van der Waals surface area contributed by atoms with Crippen LogP contribution in [-0.2, 0) is 4.74 Å². The fourth-order valence-corrected chi connectivity index (χ4v) is 3.72. The minimum atomic E-state index is -0.0653. The van der Waals surface area contributed by atoms with E-state index >= 15 is 0 Å². The number of rotatable bonds is 5. The highest BCUT2D eigenvalue weighted by Crippen LogP contribution is 2.42. The Bertz CT molecular complexity index is 779. The second-order valence-corrected chi connectivity index (χ2v) is 8.08. The molecule has 4 rings (SSSR count). The Morgan fingerprint density at radius 2 is 2.04 bits per heavy atom. The molecule has 0 radical (unpaired) electrons. The number of hydrogen-bond acceptors (Lipinski definition) is 4. The Labute approximate surface area is 161 Å². The Hall–Kier alpha value is -1.73. The molecule has 1 aromatic carbocycles. The highest BCUT2D eigenvalue weighted by Gasteiger charge is 2.35. The van der Waals surface area contributed by atoms with Crippen molar-refractivity contribution in [3.8, 4) is 5.69 Å². The zero-order valence-corrected chi connectivity index (χ0v) is 16.5. The summed E-state index contributed by atoms with van der Waals surface area (Å²) in [6, 6.07) is 7.92. The number of carbonyl (C=O) groups is 1. The van der Waals surface area contributed by atoms with Gasteiger partial charge in [-0.1, -0.05) is 21.1 Å². The topological polar surface area (TPSA) is 60.2 Å². The lowest BCUT2D eigenvalue weighted by molar-refractivity contribution is -0.000314. The second kappa shape index (κ2) is 7.48. The quantitative estimate of drug-likeness (QED) is 0.744. The van der Waals surface area contributed by atoms with Crippen LogP contribution in [0, 0.1) is 0 Å². The fraction of sp³-hybridized carbons (Fsp3) is 0.526. The van der Waals surface area contributed by atoms with E-state index < -0.39 is 0 Å². The highest BCUT2D eigenvalue weighted by molar-refractivity contribution is 9.10. The molecule has 0 bridgehead atoms. The van der Waals surface area contributed by atoms with Crippen LogP contribution in [0.4, 0.5) is 0 Å². The number of aromatic nitrogens is 3. The first-order chi connectivity index (χ1) is 12.6. The number of halogens is 1. The van der Waals surface area contributed by atoms with Crippen LogP contribution in [0.5, 0.6) is 0 Å². The third kappa shape index (κ3) is 3.69. The third-order valence-electron chi connectivity index (χ3n) is 5.04. The molecule has 1 amide bonds. The molecule has 2 fully saturated rings. The molecule has 1 saturated heterocycles. The number of amides is 1. The summed E-state index contributed by atoms with van der Waals surface area (Å²) < 4.78 is 8.60. The Balaban J connectivity index is 1.57. The van der Waals surface area contributed by atoms with Crippen molar-refractivity contribution < 1.29 is 9.53 Å². The van der Waals surface area contributed by atoms with Crippen molar-refractivity contribution in [1.82, 2.24) is 19.9 Å². The molecule has 2 aliphatic rings. The molecule has 7 heteroatoms. The molecule has 138 valence electrons. The Morgan fingerprint density at radius 3 is 2.69 bits per heavy atom. The molecule has 1 aliphatic heterocycles. The number of hydrogen-bond donors (Lipinski definition) is 0. The van der Waals surface area contributed by atoms with Gasteiger partial charge in [0.05, 0.1) is 17.5 Å². The number of ether oxygens (including phenoxy) is 1. The smallest absolute Gasteiger partial charge is 0.276 e. The highest BCUT2D eigenvalue weighted by atomic mass is 79.9. The number of carbonyl (C=O) groups excluding carboxylic acids is 1. The third-order valence-corrected chi connectivity index (χ3v) is 5.57. The normalized spacial score (nSPS) is 20.2. The van der Waals surface area contributed by atoms with E-state index in [2.05, 4.69) is 26.2 Å². The first-order valence-corrected chi connectivity index (χ1v) is 10.0. The van der Waals surface area contributed by atoms with Gasteiger partial charge in [0.15, 0.2) is 5.69 Å². The van der Waals surface area contributed by atoms with E-state index in [1.54, 1.807) is 4.90 Å². The predicted molar refractivity (Wildman–Crippen MR) is 102 cm³/mol. The summed E-state index contributed by atoms with van der Waals surface area (Å²) in [4.78, 5) is 14.8. The van der Waals surface area contributed by atoms with E-state index in [0.717, 1.165) is 48.1 Å². The molecular weight excluding hydrogens is 396 g/mol. The Kier molecular flexibility index (Phi) is 5.09. The van der Waals surface area contributed by atoms with E-state index in [1.807, 2.05) is 36.0 Å². The van der Waals surface area contributed by atoms with E-state index in [9.17, 15) is 4.79 Å². The standard InChI is InChI=1S/C19H23BrN4O2/c1-23(12-16-4-2-3-11-26-16)19(25)17-18(13-5-6-13)24(22-21-17)15-9-7-14(20)8-10-15/h7-10,13,16H,2-6,11-12H2,1H3. The zero-order valence-electron chi connectivity index (χ0n) is 14.9. The van der Waals surface area contributed by atoms with Crippen LogP contribution in [0.25, 0.3) is 5.69 Å². The fourth-order valence-electron chi connectivity index (χ4n) is 3.46. The van der Waals surface area contributed by atoms with Gasteiger partial charge in [0.1, 0.15) is 0 Å². The lowest BCUT2D eigenvalue weighted by atomic mass is 10.1. The van der Waals surface area contributed by atoms with Crippen molar-refractivity contribution in [2.45, 2.75) is 44.1 Å². The molecule has 26 heavy (non-hydrogen) atoms. The minimum absolute atomic E-state index is 0.0653.